The van der Waals surface area contributed by atoms with Gasteiger partial charge in [-0.3, -0.25) is 4.68 Å². The molecule has 1 heterocycles. The highest BCUT2D eigenvalue weighted by atomic mass is 16.3. The van der Waals surface area contributed by atoms with E-state index in [1.165, 1.54) is 11.1 Å². The van der Waals surface area contributed by atoms with E-state index in [9.17, 15) is 5.11 Å². The summed E-state index contributed by atoms with van der Waals surface area (Å²) in [6.45, 7) is 10.9. The van der Waals surface area contributed by atoms with E-state index in [4.69, 9.17) is 0 Å². The topological polar surface area (TPSA) is 38.0 Å². The average Bonchev–Trinajstić information content (AvgIpc) is 2.66. The molecule has 1 aromatic heterocycles. The standard InChI is InChI=1S/C17H24N2O/c1-6-15-13(4)18-19(14(15)5)10-17(20)16-9-11(2)7-8-12(16)3/h7-9,17,20H,6,10H2,1-5H3. The lowest BCUT2D eigenvalue weighted by Gasteiger charge is -2.16. The van der Waals surface area contributed by atoms with Crippen LogP contribution in [0.15, 0.2) is 18.2 Å². The van der Waals surface area contributed by atoms with Crippen molar-refractivity contribution in [1.82, 2.24) is 9.78 Å². The Morgan fingerprint density at radius 1 is 1.20 bits per heavy atom. The second-order valence-corrected chi connectivity index (χ2v) is 5.56. The summed E-state index contributed by atoms with van der Waals surface area (Å²) in [7, 11) is 0. The van der Waals surface area contributed by atoms with Crippen molar-refractivity contribution in [2.24, 2.45) is 0 Å². The van der Waals surface area contributed by atoms with Crippen LogP contribution in [0.2, 0.25) is 0 Å². The maximum absolute atomic E-state index is 10.5. The molecule has 3 heteroatoms. The number of rotatable bonds is 4. The van der Waals surface area contributed by atoms with Gasteiger partial charge in [0.2, 0.25) is 0 Å². The Morgan fingerprint density at radius 3 is 2.50 bits per heavy atom. The number of nitrogens with zero attached hydrogens (tertiary/aromatic N) is 2. The van der Waals surface area contributed by atoms with Gasteiger partial charge in [-0.1, -0.05) is 30.7 Å². The minimum Gasteiger partial charge on any atom is -0.386 e. The second kappa shape index (κ2) is 5.80. The number of hydrogen-bond donors (Lipinski definition) is 1. The number of aryl methyl sites for hydroxylation is 3. The maximum atomic E-state index is 10.5. The molecule has 2 aromatic rings. The number of hydrogen-bond acceptors (Lipinski definition) is 2. The van der Waals surface area contributed by atoms with Crippen molar-refractivity contribution in [1.29, 1.82) is 0 Å². The molecule has 0 spiro atoms. The lowest BCUT2D eigenvalue weighted by molar-refractivity contribution is 0.149. The normalized spacial score (nSPS) is 12.7. The summed E-state index contributed by atoms with van der Waals surface area (Å²) < 4.78 is 1.93. The molecule has 0 radical (unpaired) electrons. The van der Waals surface area contributed by atoms with Crippen molar-refractivity contribution in [3.63, 3.8) is 0 Å². The van der Waals surface area contributed by atoms with Crippen LogP contribution in [0.25, 0.3) is 0 Å². The summed E-state index contributed by atoms with van der Waals surface area (Å²) >= 11 is 0. The summed E-state index contributed by atoms with van der Waals surface area (Å²) in [6.07, 6.45) is 0.467. The molecule has 20 heavy (non-hydrogen) atoms. The van der Waals surface area contributed by atoms with Crippen molar-refractivity contribution in [3.05, 3.63) is 51.8 Å². The molecular formula is C17H24N2O. The zero-order valence-corrected chi connectivity index (χ0v) is 13.1. The molecule has 0 saturated carbocycles. The van der Waals surface area contributed by atoms with Crippen LogP contribution in [-0.4, -0.2) is 14.9 Å². The molecule has 0 fully saturated rings. The van der Waals surface area contributed by atoms with Crippen LogP contribution in [-0.2, 0) is 13.0 Å². The molecule has 1 atom stereocenters. The minimum atomic E-state index is -0.516. The quantitative estimate of drug-likeness (QED) is 0.926. The molecule has 108 valence electrons. The number of aromatic nitrogens is 2. The molecule has 0 aliphatic carbocycles. The average molecular weight is 272 g/mol. The smallest absolute Gasteiger partial charge is 0.0988 e. The molecule has 1 aromatic carbocycles. The Kier molecular flexibility index (Phi) is 4.29. The van der Waals surface area contributed by atoms with Crippen LogP contribution in [0.4, 0.5) is 0 Å². The van der Waals surface area contributed by atoms with Crippen molar-refractivity contribution in [2.75, 3.05) is 0 Å². The van der Waals surface area contributed by atoms with Crippen LogP contribution < -0.4 is 0 Å². The van der Waals surface area contributed by atoms with E-state index in [2.05, 4.69) is 37.1 Å². The van der Waals surface area contributed by atoms with Gasteiger partial charge in [0, 0.05) is 5.69 Å². The fourth-order valence-electron chi connectivity index (χ4n) is 2.80. The first-order valence-electron chi connectivity index (χ1n) is 7.22. The molecule has 0 bridgehead atoms. The largest absolute Gasteiger partial charge is 0.386 e. The van der Waals surface area contributed by atoms with E-state index in [1.807, 2.05) is 25.5 Å². The van der Waals surface area contributed by atoms with Crippen LogP contribution in [0.5, 0.6) is 0 Å². The summed E-state index contributed by atoms with van der Waals surface area (Å²) in [4.78, 5) is 0. The molecule has 3 nitrogen and oxygen atoms in total. The summed E-state index contributed by atoms with van der Waals surface area (Å²) in [5.41, 5.74) is 6.81. The Morgan fingerprint density at radius 2 is 1.90 bits per heavy atom. The number of aliphatic hydroxyl groups excluding tert-OH is 1. The van der Waals surface area contributed by atoms with E-state index in [0.29, 0.717) is 6.54 Å². The van der Waals surface area contributed by atoms with Gasteiger partial charge in [-0.2, -0.15) is 5.10 Å². The lowest BCUT2D eigenvalue weighted by atomic mass is 10.0. The number of benzene rings is 1. The maximum Gasteiger partial charge on any atom is 0.0988 e. The van der Waals surface area contributed by atoms with Crippen molar-refractivity contribution >= 4 is 0 Å². The second-order valence-electron chi connectivity index (χ2n) is 5.56. The van der Waals surface area contributed by atoms with Crippen molar-refractivity contribution in [3.8, 4) is 0 Å². The van der Waals surface area contributed by atoms with Gasteiger partial charge in [0.15, 0.2) is 0 Å². The third-order valence-electron chi connectivity index (χ3n) is 4.02. The van der Waals surface area contributed by atoms with E-state index in [-0.39, 0.29) is 0 Å². The molecule has 0 aliphatic rings. The lowest BCUT2D eigenvalue weighted by Crippen LogP contribution is -2.12. The molecule has 0 aliphatic heterocycles. The van der Waals surface area contributed by atoms with Crippen LogP contribution >= 0.6 is 0 Å². The Labute approximate surface area is 121 Å². The van der Waals surface area contributed by atoms with Gasteiger partial charge in [0.1, 0.15) is 0 Å². The van der Waals surface area contributed by atoms with Gasteiger partial charge in [0.05, 0.1) is 18.3 Å². The van der Waals surface area contributed by atoms with E-state index in [0.717, 1.165) is 28.9 Å². The molecular weight excluding hydrogens is 248 g/mol. The van der Waals surface area contributed by atoms with Crippen LogP contribution in [0.1, 0.15) is 46.7 Å². The van der Waals surface area contributed by atoms with Crippen molar-refractivity contribution in [2.45, 2.75) is 53.7 Å². The van der Waals surface area contributed by atoms with Crippen molar-refractivity contribution < 1.29 is 5.11 Å². The SMILES string of the molecule is CCc1c(C)nn(CC(O)c2cc(C)ccc2C)c1C. The fourth-order valence-corrected chi connectivity index (χ4v) is 2.80. The highest BCUT2D eigenvalue weighted by Crippen LogP contribution is 2.22. The first-order valence-corrected chi connectivity index (χ1v) is 7.22. The van der Waals surface area contributed by atoms with Crippen LogP contribution in [0.3, 0.4) is 0 Å². The van der Waals surface area contributed by atoms with Gasteiger partial charge in [-0.25, -0.2) is 0 Å². The first-order chi connectivity index (χ1) is 9.43. The zero-order chi connectivity index (χ0) is 14.9. The van der Waals surface area contributed by atoms with Gasteiger partial charge >= 0.3 is 0 Å². The van der Waals surface area contributed by atoms with Gasteiger partial charge < -0.3 is 5.11 Å². The summed E-state index contributed by atoms with van der Waals surface area (Å²) in [6, 6.07) is 6.20. The zero-order valence-electron chi connectivity index (χ0n) is 13.1. The monoisotopic (exact) mass is 272 g/mol. The fraction of sp³-hybridized carbons (Fsp3) is 0.471. The first kappa shape index (κ1) is 14.8. The molecule has 1 N–H and O–H groups in total. The highest BCUT2D eigenvalue weighted by Gasteiger charge is 2.16. The summed E-state index contributed by atoms with van der Waals surface area (Å²) in [5.74, 6) is 0. The van der Waals surface area contributed by atoms with E-state index >= 15 is 0 Å². The summed E-state index contributed by atoms with van der Waals surface area (Å²) in [5, 5.41) is 15.1. The molecule has 0 amide bonds. The molecule has 0 saturated heterocycles. The van der Waals surface area contributed by atoms with E-state index in [1.54, 1.807) is 0 Å². The Hall–Kier alpha value is -1.61. The Balaban J connectivity index is 2.28. The predicted molar refractivity (Wildman–Crippen MR) is 82.0 cm³/mol. The number of aliphatic hydroxyl groups is 1. The Bertz CT molecular complexity index is 614. The van der Waals surface area contributed by atoms with Gasteiger partial charge in [0.25, 0.3) is 0 Å². The van der Waals surface area contributed by atoms with Gasteiger partial charge in [-0.15, -0.1) is 0 Å². The third-order valence-corrected chi connectivity index (χ3v) is 4.02. The third kappa shape index (κ3) is 2.78. The molecule has 1 unspecified atom stereocenters. The van der Waals surface area contributed by atoms with Crippen LogP contribution in [0, 0.1) is 27.7 Å². The molecule has 2 rings (SSSR count). The predicted octanol–water partition coefficient (Wildman–Crippen LogP) is 3.41. The van der Waals surface area contributed by atoms with Gasteiger partial charge in [-0.05, 0) is 50.8 Å². The van der Waals surface area contributed by atoms with E-state index < -0.39 is 6.10 Å². The highest BCUT2D eigenvalue weighted by molar-refractivity contribution is 5.32. The minimum absolute atomic E-state index is 0.511.